The van der Waals surface area contributed by atoms with Crippen molar-refractivity contribution in [1.82, 2.24) is 15.1 Å². The van der Waals surface area contributed by atoms with Crippen LogP contribution in [0.15, 0.2) is 53.1 Å². The van der Waals surface area contributed by atoms with Crippen LogP contribution >= 0.6 is 0 Å². The largest absolute Gasteiger partial charge is 0.468 e. The molecule has 0 spiro atoms. The van der Waals surface area contributed by atoms with E-state index in [4.69, 9.17) is 4.42 Å². The number of benzene rings is 1. The van der Waals surface area contributed by atoms with Gasteiger partial charge in [0.15, 0.2) is 0 Å². The molecule has 2 fully saturated rings. The van der Waals surface area contributed by atoms with Crippen molar-refractivity contribution in [3.63, 3.8) is 0 Å². The summed E-state index contributed by atoms with van der Waals surface area (Å²) in [6, 6.07) is 13.8. The number of piperidine rings is 2. The lowest BCUT2D eigenvalue weighted by molar-refractivity contribution is 0.0658. The van der Waals surface area contributed by atoms with Gasteiger partial charge >= 0.3 is 6.03 Å². The van der Waals surface area contributed by atoms with Crippen molar-refractivity contribution in [2.45, 2.75) is 44.2 Å². The van der Waals surface area contributed by atoms with E-state index in [1.165, 1.54) is 19.3 Å². The second-order valence-electron chi connectivity index (χ2n) is 8.49. The molecule has 6 nitrogen and oxygen atoms in total. The van der Waals surface area contributed by atoms with Gasteiger partial charge in [-0.1, -0.05) is 36.8 Å². The van der Waals surface area contributed by atoms with E-state index in [1.54, 1.807) is 6.26 Å². The summed E-state index contributed by atoms with van der Waals surface area (Å²) in [7, 11) is 0. The normalized spacial score (nSPS) is 20.6. The number of hydrogen-bond donors (Lipinski definition) is 2. The van der Waals surface area contributed by atoms with E-state index in [0.717, 1.165) is 37.3 Å². The topological polar surface area (TPSA) is 69.0 Å². The highest BCUT2D eigenvalue weighted by Crippen LogP contribution is 2.31. The van der Waals surface area contributed by atoms with Gasteiger partial charge in [0.05, 0.1) is 18.4 Å². The number of carbonyl (C=O) groups is 1. The van der Waals surface area contributed by atoms with Crippen LogP contribution in [0.5, 0.6) is 0 Å². The van der Waals surface area contributed by atoms with Crippen molar-refractivity contribution in [1.29, 1.82) is 0 Å². The quantitative estimate of drug-likeness (QED) is 0.755. The Hall–Kier alpha value is -2.31. The van der Waals surface area contributed by atoms with Crippen LogP contribution in [0.3, 0.4) is 0 Å². The minimum absolute atomic E-state index is 0.0174. The maximum atomic E-state index is 12.8. The summed E-state index contributed by atoms with van der Waals surface area (Å²) < 4.78 is 5.67. The number of aliphatic hydroxyl groups excluding tert-OH is 1. The van der Waals surface area contributed by atoms with E-state index in [9.17, 15) is 9.90 Å². The fraction of sp³-hybridized carbons (Fsp3) is 0.542. The summed E-state index contributed by atoms with van der Waals surface area (Å²) in [5.74, 6) is 1.11. The molecule has 0 bridgehead atoms. The molecule has 0 aliphatic carbocycles. The lowest BCUT2D eigenvalue weighted by atomic mass is 9.87. The first-order valence-electron chi connectivity index (χ1n) is 11.3. The number of nitrogens with zero attached hydrogens (tertiary/aromatic N) is 2. The standard InChI is InChI=1S/C24H33N3O3/c28-23(19-8-3-1-4-9-19)20-11-15-27(16-12-20)24(29)25-18-21(22-10-7-17-30-22)26-13-5-2-6-14-26/h1,3-4,7-10,17,20-21,23,28H,2,5-6,11-16,18H2,(H,25,29). The molecule has 2 amide bonds. The third-order valence-electron chi connectivity index (χ3n) is 6.56. The summed E-state index contributed by atoms with van der Waals surface area (Å²) in [5.41, 5.74) is 0.961. The molecular formula is C24H33N3O3. The lowest BCUT2D eigenvalue weighted by Crippen LogP contribution is -2.48. The molecule has 2 atom stereocenters. The molecule has 4 rings (SSSR count). The molecule has 3 heterocycles. The van der Waals surface area contributed by atoms with E-state index in [2.05, 4.69) is 10.2 Å². The van der Waals surface area contributed by atoms with Gasteiger partial charge in [-0.25, -0.2) is 4.79 Å². The van der Waals surface area contributed by atoms with Crippen LogP contribution < -0.4 is 5.32 Å². The van der Waals surface area contributed by atoms with Crippen molar-refractivity contribution in [3.05, 3.63) is 60.1 Å². The fourth-order valence-electron chi connectivity index (χ4n) is 4.76. The third kappa shape index (κ3) is 5.05. The molecule has 2 unspecified atom stereocenters. The Labute approximate surface area is 178 Å². The molecule has 2 aliphatic rings. The molecule has 162 valence electrons. The highest BCUT2D eigenvalue weighted by atomic mass is 16.3. The number of carbonyl (C=O) groups excluding carboxylic acids is 1. The molecule has 1 aromatic heterocycles. The van der Waals surface area contributed by atoms with E-state index in [0.29, 0.717) is 19.6 Å². The zero-order chi connectivity index (χ0) is 20.8. The number of nitrogens with one attached hydrogen (secondary N) is 1. The first-order chi connectivity index (χ1) is 14.7. The Kier molecular flexibility index (Phi) is 7.07. The predicted octanol–water partition coefficient (Wildman–Crippen LogP) is 3.96. The number of urea groups is 1. The van der Waals surface area contributed by atoms with Crippen molar-refractivity contribution in [3.8, 4) is 0 Å². The van der Waals surface area contributed by atoms with Crippen LogP contribution in [0.2, 0.25) is 0 Å². The lowest BCUT2D eigenvalue weighted by Gasteiger charge is -2.36. The second kappa shape index (κ2) is 10.1. The van der Waals surface area contributed by atoms with Gasteiger partial charge in [0, 0.05) is 19.6 Å². The SMILES string of the molecule is O=C(NCC(c1ccco1)N1CCCCC1)N1CCC(C(O)c2ccccc2)CC1. The fourth-order valence-corrected chi connectivity index (χ4v) is 4.76. The van der Waals surface area contributed by atoms with Gasteiger partial charge in [-0.15, -0.1) is 0 Å². The Bertz CT molecular complexity index is 766. The zero-order valence-electron chi connectivity index (χ0n) is 17.6. The predicted molar refractivity (Wildman–Crippen MR) is 116 cm³/mol. The van der Waals surface area contributed by atoms with E-state index < -0.39 is 6.10 Å². The van der Waals surface area contributed by atoms with Crippen molar-refractivity contribution >= 4 is 6.03 Å². The molecule has 2 aromatic rings. The highest BCUT2D eigenvalue weighted by molar-refractivity contribution is 5.74. The summed E-state index contributed by atoms with van der Waals surface area (Å²) in [6.07, 6.45) is 6.55. The first-order valence-corrected chi connectivity index (χ1v) is 11.3. The Morgan fingerprint density at radius 1 is 1.03 bits per heavy atom. The Morgan fingerprint density at radius 2 is 1.77 bits per heavy atom. The van der Waals surface area contributed by atoms with E-state index in [-0.39, 0.29) is 18.0 Å². The number of hydrogen-bond acceptors (Lipinski definition) is 4. The highest BCUT2D eigenvalue weighted by Gasteiger charge is 2.30. The molecule has 1 aromatic carbocycles. The summed E-state index contributed by atoms with van der Waals surface area (Å²) in [5, 5.41) is 13.8. The Morgan fingerprint density at radius 3 is 2.43 bits per heavy atom. The van der Waals surface area contributed by atoms with Gasteiger partial charge < -0.3 is 19.7 Å². The summed E-state index contributed by atoms with van der Waals surface area (Å²) >= 11 is 0. The molecule has 2 N–H and O–H groups in total. The first kappa shape index (κ1) is 20.9. The van der Waals surface area contributed by atoms with Crippen molar-refractivity contribution in [2.24, 2.45) is 5.92 Å². The van der Waals surface area contributed by atoms with Crippen LogP contribution in [0.1, 0.15) is 55.6 Å². The molecular weight excluding hydrogens is 378 g/mol. The van der Waals surface area contributed by atoms with Gasteiger partial charge in [-0.2, -0.15) is 0 Å². The van der Waals surface area contributed by atoms with Crippen LogP contribution in [-0.2, 0) is 0 Å². The minimum Gasteiger partial charge on any atom is -0.468 e. The molecule has 0 radical (unpaired) electrons. The number of aliphatic hydroxyl groups is 1. The minimum atomic E-state index is -0.459. The van der Waals surface area contributed by atoms with Crippen LogP contribution in [0.4, 0.5) is 4.79 Å². The monoisotopic (exact) mass is 411 g/mol. The van der Waals surface area contributed by atoms with E-state index in [1.807, 2.05) is 47.4 Å². The van der Waals surface area contributed by atoms with Gasteiger partial charge in [0.1, 0.15) is 5.76 Å². The maximum Gasteiger partial charge on any atom is 0.317 e. The van der Waals surface area contributed by atoms with E-state index >= 15 is 0 Å². The molecule has 0 saturated carbocycles. The van der Waals surface area contributed by atoms with Crippen LogP contribution in [0.25, 0.3) is 0 Å². The van der Waals surface area contributed by atoms with Crippen LogP contribution in [-0.4, -0.2) is 53.7 Å². The Balaban J connectivity index is 1.28. The average molecular weight is 412 g/mol. The summed E-state index contributed by atoms with van der Waals surface area (Å²) in [6.45, 7) is 4.00. The smallest absolute Gasteiger partial charge is 0.317 e. The number of amides is 2. The van der Waals surface area contributed by atoms with Gasteiger partial charge in [-0.05, 0) is 62.4 Å². The average Bonchev–Trinajstić information content (AvgIpc) is 3.35. The van der Waals surface area contributed by atoms with Crippen LogP contribution in [0, 0.1) is 5.92 Å². The van der Waals surface area contributed by atoms with Gasteiger partial charge in [0.25, 0.3) is 0 Å². The summed E-state index contributed by atoms with van der Waals surface area (Å²) in [4.78, 5) is 17.1. The van der Waals surface area contributed by atoms with Gasteiger partial charge in [-0.3, -0.25) is 4.90 Å². The molecule has 2 aliphatic heterocycles. The maximum absolute atomic E-state index is 12.8. The van der Waals surface area contributed by atoms with Crippen molar-refractivity contribution < 1.29 is 14.3 Å². The van der Waals surface area contributed by atoms with Gasteiger partial charge in [0.2, 0.25) is 0 Å². The second-order valence-corrected chi connectivity index (χ2v) is 8.49. The molecule has 2 saturated heterocycles. The number of rotatable bonds is 6. The third-order valence-corrected chi connectivity index (χ3v) is 6.56. The number of furan rings is 1. The number of likely N-dealkylation sites (tertiary alicyclic amines) is 2. The van der Waals surface area contributed by atoms with Crippen molar-refractivity contribution in [2.75, 3.05) is 32.7 Å². The zero-order valence-corrected chi connectivity index (χ0v) is 17.6. The molecule has 6 heteroatoms. The molecule has 30 heavy (non-hydrogen) atoms.